The summed E-state index contributed by atoms with van der Waals surface area (Å²) in [6.45, 7) is 2.51. The Hall–Kier alpha value is -2.22. The first-order valence-corrected chi connectivity index (χ1v) is 6.82. The van der Waals surface area contributed by atoms with Crippen molar-refractivity contribution >= 4 is 22.8 Å². The van der Waals surface area contributed by atoms with Crippen LogP contribution in [-0.2, 0) is 0 Å². The van der Waals surface area contributed by atoms with Gasteiger partial charge in [-0.2, -0.15) is 4.98 Å². The summed E-state index contributed by atoms with van der Waals surface area (Å²) in [6, 6.07) is 2.84. The van der Waals surface area contributed by atoms with Crippen LogP contribution in [0.2, 0.25) is 0 Å². The van der Waals surface area contributed by atoms with E-state index in [4.69, 9.17) is 4.74 Å². The molecule has 0 bridgehead atoms. The number of thiazole rings is 1. The molecule has 2 rings (SSSR count). The Morgan fingerprint density at radius 3 is 2.95 bits per heavy atom. The molecular formula is C12H14N4O3S. The van der Waals surface area contributed by atoms with Crippen LogP contribution in [0.25, 0.3) is 0 Å². The second-order valence-corrected chi connectivity index (χ2v) is 5.06. The highest BCUT2D eigenvalue weighted by molar-refractivity contribution is 7.09. The summed E-state index contributed by atoms with van der Waals surface area (Å²) in [5, 5.41) is 16.8. The number of anilines is 1. The fourth-order valence-corrected chi connectivity index (χ4v) is 2.34. The molecule has 0 saturated heterocycles. The zero-order chi connectivity index (χ0) is 14.5. The van der Waals surface area contributed by atoms with Gasteiger partial charge in [0.1, 0.15) is 0 Å². The molecule has 0 saturated carbocycles. The number of ether oxygens (including phenoxy) is 1. The lowest BCUT2D eigenvalue weighted by atomic mass is 10.2. The van der Waals surface area contributed by atoms with Gasteiger partial charge < -0.3 is 10.1 Å². The van der Waals surface area contributed by atoms with Crippen LogP contribution in [0.4, 0.5) is 11.5 Å². The molecule has 106 valence electrons. The molecular weight excluding hydrogens is 280 g/mol. The molecule has 1 atom stereocenters. The summed E-state index contributed by atoms with van der Waals surface area (Å²) in [6.07, 6.45) is 1.74. The SMILES string of the molecule is COc1ccc([N+](=O)[O-])c(NCC(C)c2nccs2)n1. The largest absolute Gasteiger partial charge is 0.481 e. The number of nitrogens with one attached hydrogen (secondary N) is 1. The van der Waals surface area contributed by atoms with Crippen molar-refractivity contribution in [1.82, 2.24) is 9.97 Å². The first-order valence-electron chi connectivity index (χ1n) is 5.94. The summed E-state index contributed by atoms with van der Waals surface area (Å²) in [5.41, 5.74) is -0.0721. The van der Waals surface area contributed by atoms with E-state index < -0.39 is 4.92 Å². The Labute approximate surface area is 119 Å². The van der Waals surface area contributed by atoms with Crippen molar-refractivity contribution in [2.45, 2.75) is 12.8 Å². The van der Waals surface area contributed by atoms with Gasteiger partial charge in [-0.3, -0.25) is 10.1 Å². The lowest BCUT2D eigenvalue weighted by Crippen LogP contribution is -2.12. The monoisotopic (exact) mass is 294 g/mol. The van der Waals surface area contributed by atoms with Crippen LogP contribution in [-0.4, -0.2) is 28.5 Å². The van der Waals surface area contributed by atoms with E-state index >= 15 is 0 Å². The average molecular weight is 294 g/mol. The third-order valence-corrected chi connectivity index (χ3v) is 3.71. The Morgan fingerprint density at radius 1 is 1.55 bits per heavy atom. The third-order valence-electron chi connectivity index (χ3n) is 2.70. The molecule has 2 aromatic heterocycles. The Balaban J connectivity index is 2.13. The summed E-state index contributed by atoms with van der Waals surface area (Å²) in [5.74, 6) is 0.681. The predicted molar refractivity (Wildman–Crippen MR) is 76.5 cm³/mol. The van der Waals surface area contributed by atoms with E-state index in [0.717, 1.165) is 5.01 Å². The molecule has 0 aliphatic heterocycles. The van der Waals surface area contributed by atoms with Crippen LogP contribution in [0, 0.1) is 10.1 Å². The van der Waals surface area contributed by atoms with Gasteiger partial charge in [0.05, 0.1) is 17.0 Å². The van der Waals surface area contributed by atoms with Crippen LogP contribution >= 0.6 is 11.3 Å². The highest BCUT2D eigenvalue weighted by Crippen LogP contribution is 2.26. The predicted octanol–water partition coefficient (Wildman–Crippen LogP) is 2.67. The molecule has 0 amide bonds. The maximum absolute atomic E-state index is 11.0. The highest BCUT2D eigenvalue weighted by Gasteiger charge is 2.17. The number of aromatic nitrogens is 2. The number of pyridine rings is 1. The second-order valence-electron chi connectivity index (χ2n) is 4.13. The second kappa shape index (κ2) is 6.29. The molecule has 0 fully saturated rings. The van der Waals surface area contributed by atoms with Crippen LogP contribution < -0.4 is 10.1 Å². The van der Waals surface area contributed by atoms with Gasteiger partial charge in [-0.1, -0.05) is 6.92 Å². The minimum absolute atomic E-state index is 0.0721. The molecule has 2 aromatic rings. The Bertz CT molecular complexity index is 588. The minimum atomic E-state index is -0.469. The standard InChI is InChI=1S/C12H14N4O3S/c1-8(12-13-5-6-20-12)7-14-11-9(16(17)18)3-4-10(15-11)19-2/h3-6,8H,7H2,1-2H3,(H,14,15). The fourth-order valence-electron chi connectivity index (χ4n) is 1.64. The number of nitrogens with zero attached hydrogens (tertiary/aromatic N) is 3. The van der Waals surface area contributed by atoms with Crippen LogP contribution in [0.1, 0.15) is 17.8 Å². The molecule has 0 spiro atoms. The summed E-state index contributed by atoms with van der Waals surface area (Å²) >= 11 is 1.55. The zero-order valence-corrected chi connectivity index (χ0v) is 11.9. The van der Waals surface area contributed by atoms with E-state index in [2.05, 4.69) is 15.3 Å². The van der Waals surface area contributed by atoms with E-state index in [1.165, 1.54) is 19.2 Å². The summed E-state index contributed by atoms with van der Waals surface area (Å²) < 4.78 is 4.98. The van der Waals surface area contributed by atoms with Gasteiger partial charge in [-0.25, -0.2) is 4.98 Å². The summed E-state index contributed by atoms with van der Waals surface area (Å²) in [4.78, 5) is 18.8. The highest BCUT2D eigenvalue weighted by atomic mass is 32.1. The van der Waals surface area contributed by atoms with Crippen molar-refractivity contribution in [2.24, 2.45) is 0 Å². The molecule has 0 radical (unpaired) electrons. The molecule has 8 heteroatoms. The van der Waals surface area contributed by atoms with Crippen molar-refractivity contribution < 1.29 is 9.66 Å². The van der Waals surface area contributed by atoms with Crippen molar-refractivity contribution in [3.8, 4) is 5.88 Å². The molecule has 2 heterocycles. The van der Waals surface area contributed by atoms with Gasteiger partial charge in [0.25, 0.3) is 0 Å². The van der Waals surface area contributed by atoms with E-state index in [9.17, 15) is 10.1 Å². The number of nitro groups is 1. The summed E-state index contributed by atoms with van der Waals surface area (Å²) in [7, 11) is 1.47. The van der Waals surface area contributed by atoms with Crippen molar-refractivity contribution in [3.05, 3.63) is 38.8 Å². The first kappa shape index (κ1) is 14.2. The lowest BCUT2D eigenvalue weighted by Gasteiger charge is -2.11. The van der Waals surface area contributed by atoms with Crippen LogP contribution in [0.3, 0.4) is 0 Å². The van der Waals surface area contributed by atoms with Gasteiger partial charge in [-0.15, -0.1) is 11.3 Å². The lowest BCUT2D eigenvalue weighted by molar-refractivity contribution is -0.384. The first-order chi connectivity index (χ1) is 9.61. The average Bonchev–Trinajstić information content (AvgIpc) is 2.98. The minimum Gasteiger partial charge on any atom is -0.481 e. The van der Waals surface area contributed by atoms with Crippen molar-refractivity contribution in [2.75, 3.05) is 19.0 Å². The molecule has 1 unspecified atom stereocenters. The van der Waals surface area contributed by atoms with Crippen molar-refractivity contribution in [3.63, 3.8) is 0 Å². The fraction of sp³-hybridized carbons (Fsp3) is 0.333. The normalized spacial score (nSPS) is 11.9. The van der Waals surface area contributed by atoms with Gasteiger partial charge in [0.15, 0.2) is 0 Å². The van der Waals surface area contributed by atoms with E-state index in [1.54, 1.807) is 17.5 Å². The topological polar surface area (TPSA) is 90.2 Å². The van der Waals surface area contributed by atoms with E-state index in [1.807, 2.05) is 12.3 Å². The molecule has 0 aromatic carbocycles. The number of methoxy groups -OCH3 is 1. The quantitative estimate of drug-likeness (QED) is 0.650. The molecule has 0 aliphatic carbocycles. The van der Waals surface area contributed by atoms with Gasteiger partial charge >= 0.3 is 5.69 Å². The van der Waals surface area contributed by atoms with Gasteiger partial charge in [0.2, 0.25) is 11.7 Å². The van der Waals surface area contributed by atoms with E-state index in [0.29, 0.717) is 12.4 Å². The third kappa shape index (κ3) is 3.21. The van der Waals surface area contributed by atoms with Crippen LogP contribution in [0.5, 0.6) is 5.88 Å². The van der Waals surface area contributed by atoms with Crippen molar-refractivity contribution in [1.29, 1.82) is 0 Å². The van der Waals surface area contributed by atoms with Crippen LogP contribution in [0.15, 0.2) is 23.7 Å². The zero-order valence-electron chi connectivity index (χ0n) is 11.1. The maximum atomic E-state index is 11.0. The van der Waals surface area contributed by atoms with E-state index in [-0.39, 0.29) is 17.4 Å². The molecule has 0 aliphatic rings. The Kier molecular flexibility index (Phi) is 4.46. The number of rotatable bonds is 6. The number of hydrogen-bond donors (Lipinski definition) is 1. The maximum Gasteiger partial charge on any atom is 0.311 e. The van der Waals surface area contributed by atoms with Gasteiger partial charge in [-0.05, 0) is 0 Å². The Morgan fingerprint density at radius 2 is 2.35 bits per heavy atom. The van der Waals surface area contributed by atoms with Gasteiger partial charge in [0, 0.05) is 36.2 Å². The molecule has 1 N–H and O–H groups in total. The number of hydrogen-bond acceptors (Lipinski definition) is 7. The smallest absolute Gasteiger partial charge is 0.311 e. The molecule has 7 nitrogen and oxygen atoms in total. The molecule has 20 heavy (non-hydrogen) atoms.